The standard InChI is InChI=1S/C10H11N5O/c1-15(7-2-4-12-5-3-7)10(16)9-8(11)6-13-14-9/h2-6H,11H2,1H3,(H,13,14). The Morgan fingerprint density at radius 1 is 1.44 bits per heavy atom. The van der Waals surface area contributed by atoms with E-state index in [1.54, 1.807) is 31.6 Å². The average Bonchev–Trinajstić information content (AvgIpc) is 2.75. The number of carbonyl (C=O) groups excluding carboxylic acids is 1. The summed E-state index contributed by atoms with van der Waals surface area (Å²) in [5, 5.41) is 6.28. The summed E-state index contributed by atoms with van der Waals surface area (Å²) in [4.78, 5) is 17.3. The molecule has 2 aromatic heterocycles. The summed E-state index contributed by atoms with van der Waals surface area (Å²) in [5.41, 5.74) is 6.98. The first-order chi connectivity index (χ1) is 7.70. The molecule has 0 radical (unpaired) electrons. The minimum Gasteiger partial charge on any atom is -0.396 e. The predicted molar refractivity (Wildman–Crippen MR) is 60.0 cm³/mol. The molecule has 0 saturated carbocycles. The van der Waals surface area contributed by atoms with Crippen LogP contribution in [0.1, 0.15) is 10.5 Å². The van der Waals surface area contributed by atoms with Gasteiger partial charge in [0.05, 0.1) is 11.9 Å². The van der Waals surface area contributed by atoms with Crippen molar-refractivity contribution in [2.45, 2.75) is 0 Å². The highest BCUT2D eigenvalue weighted by Crippen LogP contribution is 2.15. The quantitative estimate of drug-likeness (QED) is 0.773. The van der Waals surface area contributed by atoms with Crippen LogP contribution in [0.4, 0.5) is 11.4 Å². The van der Waals surface area contributed by atoms with E-state index in [-0.39, 0.29) is 5.91 Å². The molecular weight excluding hydrogens is 206 g/mol. The van der Waals surface area contributed by atoms with E-state index in [1.807, 2.05) is 0 Å². The van der Waals surface area contributed by atoms with Crippen LogP contribution in [0.3, 0.4) is 0 Å². The minimum atomic E-state index is -0.235. The Bertz CT molecular complexity index is 493. The van der Waals surface area contributed by atoms with E-state index >= 15 is 0 Å². The second-order valence-electron chi connectivity index (χ2n) is 3.27. The number of hydrogen-bond acceptors (Lipinski definition) is 4. The summed E-state index contributed by atoms with van der Waals surface area (Å²) in [6.07, 6.45) is 4.65. The molecule has 6 nitrogen and oxygen atoms in total. The monoisotopic (exact) mass is 217 g/mol. The number of anilines is 2. The average molecular weight is 217 g/mol. The Kier molecular flexibility index (Phi) is 2.55. The van der Waals surface area contributed by atoms with Crippen LogP contribution in [0.2, 0.25) is 0 Å². The highest BCUT2D eigenvalue weighted by Gasteiger charge is 2.17. The van der Waals surface area contributed by atoms with Crippen LogP contribution in [0.25, 0.3) is 0 Å². The van der Waals surface area contributed by atoms with E-state index in [9.17, 15) is 4.79 Å². The van der Waals surface area contributed by atoms with E-state index in [4.69, 9.17) is 5.73 Å². The molecular formula is C10H11N5O. The van der Waals surface area contributed by atoms with E-state index in [1.165, 1.54) is 11.1 Å². The third kappa shape index (κ3) is 1.72. The van der Waals surface area contributed by atoms with Gasteiger partial charge in [-0.25, -0.2) is 0 Å². The molecule has 2 aromatic rings. The van der Waals surface area contributed by atoms with Gasteiger partial charge < -0.3 is 10.6 Å². The highest BCUT2D eigenvalue weighted by molar-refractivity contribution is 6.07. The van der Waals surface area contributed by atoms with Crippen molar-refractivity contribution in [3.8, 4) is 0 Å². The number of hydrogen-bond donors (Lipinski definition) is 2. The van der Waals surface area contributed by atoms with Gasteiger partial charge in [-0.1, -0.05) is 0 Å². The molecule has 0 atom stereocenters. The molecule has 0 aliphatic carbocycles. The number of pyridine rings is 1. The number of carbonyl (C=O) groups is 1. The van der Waals surface area contributed by atoms with Gasteiger partial charge in [0.2, 0.25) is 0 Å². The lowest BCUT2D eigenvalue weighted by atomic mass is 10.3. The first-order valence-corrected chi connectivity index (χ1v) is 4.67. The maximum absolute atomic E-state index is 12.0. The molecule has 0 unspecified atom stereocenters. The van der Waals surface area contributed by atoms with Crippen molar-refractivity contribution in [3.05, 3.63) is 36.4 Å². The van der Waals surface area contributed by atoms with Gasteiger partial charge in [0, 0.05) is 25.1 Å². The molecule has 1 amide bonds. The lowest BCUT2D eigenvalue weighted by Gasteiger charge is -2.16. The van der Waals surface area contributed by atoms with Crippen molar-refractivity contribution < 1.29 is 4.79 Å². The molecule has 2 heterocycles. The molecule has 0 aliphatic heterocycles. The number of nitrogen functional groups attached to an aromatic ring is 1. The van der Waals surface area contributed by atoms with Crippen molar-refractivity contribution in [1.82, 2.24) is 15.2 Å². The summed E-state index contributed by atoms with van der Waals surface area (Å²) >= 11 is 0. The molecule has 82 valence electrons. The maximum Gasteiger partial charge on any atom is 0.278 e. The number of amides is 1. The van der Waals surface area contributed by atoms with Crippen LogP contribution in [0, 0.1) is 0 Å². The van der Waals surface area contributed by atoms with Crippen LogP contribution in [-0.2, 0) is 0 Å². The summed E-state index contributed by atoms with van der Waals surface area (Å²) in [6.45, 7) is 0. The molecule has 0 saturated heterocycles. The molecule has 0 fully saturated rings. The smallest absolute Gasteiger partial charge is 0.278 e. The number of rotatable bonds is 2. The second kappa shape index (κ2) is 4.01. The number of aromatic amines is 1. The van der Waals surface area contributed by atoms with Crippen LogP contribution in [0.15, 0.2) is 30.7 Å². The number of aromatic nitrogens is 3. The fraction of sp³-hybridized carbons (Fsp3) is 0.100. The van der Waals surface area contributed by atoms with E-state index in [0.29, 0.717) is 11.4 Å². The maximum atomic E-state index is 12.0. The molecule has 0 spiro atoms. The van der Waals surface area contributed by atoms with E-state index < -0.39 is 0 Å². The minimum absolute atomic E-state index is 0.235. The molecule has 16 heavy (non-hydrogen) atoms. The molecule has 0 bridgehead atoms. The predicted octanol–water partition coefficient (Wildman–Crippen LogP) is 0.663. The Hall–Kier alpha value is -2.37. The van der Waals surface area contributed by atoms with Gasteiger partial charge in [0.15, 0.2) is 0 Å². The number of nitrogens with two attached hydrogens (primary N) is 1. The van der Waals surface area contributed by atoms with Gasteiger partial charge >= 0.3 is 0 Å². The largest absolute Gasteiger partial charge is 0.396 e. The van der Waals surface area contributed by atoms with Gasteiger partial charge in [-0.15, -0.1) is 0 Å². The Labute approximate surface area is 92.1 Å². The van der Waals surface area contributed by atoms with Gasteiger partial charge in [-0.3, -0.25) is 14.9 Å². The Balaban J connectivity index is 2.27. The zero-order valence-corrected chi connectivity index (χ0v) is 8.71. The van der Waals surface area contributed by atoms with Crippen molar-refractivity contribution in [2.24, 2.45) is 0 Å². The van der Waals surface area contributed by atoms with Gasteiger partial charge in [0.1, 0.15) is 5.69 Å². The Morgan fingerprint density at radius 2 is 2.12 bits per heavy atom. The normalized spacial score (nSPS) is 10.1. The summed E-state index contributed by atoms with van der Waals surface area (Å²) < 4.78 is 0. The molecule has 6 heteroatoms. The zero-order valence-electron chi connectivity index (χ0n) is 8.71. The third-order valence-corrected chi connectivity index (χ3v) is 2.24. The lowest BCUT2D eigenvalue weighted by Crippen LogP contribution is -2.27. The summed E-state index contributed by atoms with van der Waals surface area (Å²) in [5.74, 6) is -0.235. The number of H-pyrrole nitrogens is 1. The number of nitrogens with zero attached hydrogens (tertiary/aromatic N) is 3. The van der Waals surface area contributed by atoms with Gasteiger partial charge in [-0.2, -0.15) is 5.10 Å². The first kappa shape index (κ1) is 10.2. The first-order valence-electron chi connectivity index (χ1n) is 4.67. The highest BCUT2D eigenvalue weighted by atomic mass is 16.2. The number of nitrogens with one attached hydrogen (secondary N) is 1. The topological polar surface area (TPSA) is 87.9 Å². The molecule has 0 aliphatic rings. The van der Waals surface area contributed by atoms with Crippen LogP contribution in [-0.4, -0.2) is 28.1 Å². The van der Waals surface area contributed by atoms with Crippen molar-refractivity contribution in [2.75, 3.05) is 17.7 Å². The van der Waals surface area contributed by atoms with Crippen molar-refractivity contribution >= 4 is 17.3 Å². The third-order valence-electron chi connectivity index (χ3n) is 2.24. The SMILES string of the molecule is CN(C(=O)c1[nH]ncc1N)c1ccncc1. The molecule has 0 aromatic carbocycles. The van der Waals surface area contributed by atoms with Crippen molar-refractivity contribution in [3.63, 3.8) is 0 Å². The van der Waals surface area contributed by atoms with Crippen LogP contribution >= 0.6 is 0 Å². The van der Waals surface area contributed by atoms with Crippen LogP contribution in [0.5, 0.6) is 0 Å². The molecule has 2 rings (SSSR count). The van der Waals surface area contributed by atoms with E-state index in [0.717, 1.165) is 5.69 Å². The van der Waals surface area contributed by atoms with Gasteiger partial charge in [0.25, 0.3) is 5.91 Å². The van der Waals surface area contributed by atoms with Gasteiger partial charge in [-0.05, 0) is 12.1 Å². The molecule has 3 N–H and O–H groups in total. The van der Waals surface area contributed by atoms with Crippen LogP contribution < -0.4 is 10.6 Å². The summed E-state index contributed by atoms with van der Waals surface area (Å²) in [7, 11) is 1.66. The summed E-state index contributed by atoms with van der Waals surface area (Å²) in [6, 6.07) is 3.48. The second-order valence-corrected chi connectivity index (χ2v) is 3.27. The van der Waals surface area contributed by atoms with Crippen molar-refractivity contribution in [1.29, 1.82) is 0 Å². The fourth-order valence-electron chi connectivity index (χ4n) is 1.32. The Morgan fingerprint density at radius 3 is 2.69 bits per heavy atom. The zero-order chi connectivity index (χ0) is 11.5. The lowest BCUT2D eigenvalue weighted by molar-refractivity contribution is 0.0989. The fourth-order valence-corrected chi connectivity index (χ4v) is 1.32. The van der Waals surface area contributed by atoms with E-state index in [2.05, 4.69) is 15.2 Å².